The molecule has 0 saturated carbocycles. The Kier molecular flexibility index (Phi) is 4.78. The number of carbonyl (C=O) groups excluding carboxylic acids is 1. The molecule has 1 aliphatic rings. The lowest BCUT2D eigenvalue weighted by atomic mass is 9.93. The number of nitrogens with one attached hydrogen (secondary N) is 1. The summed E-state index contributed by atoms with van der Waals surface area (Å²) in [7, 11) is 0. The molecule has 26 heavy (non-hydrogen) atoms. The van der Waals surface area contributed by atoms with E-state index in [-0.39, 0.29) is 36.4 Å². The topological polar surface area (TPSA) is 61.7 Å². The number of aliphatic hydroxyl groups is 1. The summed E-state index contributed by atoms with van der Waals surface area (Å²) in [5.74, 6) is -1.57. The zero-order valence-electron chi connectivity index (χ0n) is 13.4. The molecule has 3 rings (SSSR count). The fraction of sp³-hybridized carbons (Fsp3) is 0.222. The molecule has 8 heteroatoms. The summed E-state index contributed by atoms with van der Waals surface area (Å²) in [4.78, 5) is 15.8. The van der Waals surface area contributed by atoms with Crippen LogP contribution >= 0.6 is 0 Å². The predicted molar refractivity (Wildman–Crippen MR) is 87.6 cm³/mol. The smallest absolute Gasteiger partial charge is 0.395 e. The number of benzene rings is 2. The van der Waals surface area contributed by atoms with Crippen molar-refractivity contribution in [2.75, 3.05) is 13.2 Å². The minimum Gasteiger partial charge on any atom is -0.395 e. The molecule has 0 aliphatic carbocycles. The van der Waals surface area contributed by atoms with Crippen LogP contribution in [0.3, 0.4) is 0 Å². The standard InChI is InChI=1S/C18H14F4N2O2/c19-16-6-10(1-2-13(16)17(26)24-3-4-25)14-7-12(18(20,21)22)5-11-8-23-9-15(11)14/h1-2,5-7,9,25H,3-4,8H2,(H,24,26). The summed E-state index contributed by atoms with van der Waals surface area (Å²) >= 11 is 0. The van der Waals surface area contributed by atoms with Crippen molar-refractivity contribution in [3.8, 4) is 11.1 Å². The Labute approximate surface area is 146 Å². The van der Waals surface area contributed by atoms with Gasteiger partial charge < -0.3 is 10.4 Å². The monoisotopic (exact) mass is 366 g/mol. The fourth-order valence-corrected chi connectivity index (χ4v) is 2.77. The van der Waals surface area contributed by atoms with E-state index in [4.69, 9.17) is 5.11 Å². The highest BCUT2D eigenvalue weighted by Crippen LogP contribution is 2.37. The van der Waals surface area contributed by atoms with Gasteiger partial charge in [0.05, 0.1) is 24.3 Å². The third kappa shape index (κ3) is 3.45. The first-order valence-corrected chi connectivity index (χ1v) is 7.74. The van der Waals surface area contributed by atoms with Crippen LogP contribution in [0.4, 0.5) is 17.6 Å². The fourth-order valence-electron chi connectivity index (χ4n) is 2.77. The van der Waals surface area contributed by atoms with E-state index in [0.29, 0.717) is 11.1 Å². The van der Waals surface area contributed by atoms with Crippen molar-refractivity contribution in [3.05, 3.63) is 58.4 Å². The number of halogens is 4. The van der Waals surface area contributed by atoms with Gasteiger partial charge in [-0.3, -0.25) is 9.79 Å². The lowest BCUT2D eigenvalue weighted by Crippen LogP contribution is -2.27. The van der Waals surface area contributed by atoms with Crippen LogP contribution in [0.1, 0.15) is 27.0 Å². The van der Waals surface area contributed by atoms with Crippen LogP contribution in [0.2, 0.25) is 0 Å². The third-order valence-electron chi connectivity index (χ3n) is 4.00. The van der Waals surface area contributed by atoms with Gasteiger partial charge >= 0.3 is 6.18 Å². The Morgan fingerprint density at radius 2 is 2.00 bits per heavy atom. The zero-order chi connectivity index (χ0) is 18.9. The molecular formula is C18H14F4N2O2. The van der Waals surface area contributed by atoms with E-state index in [9.17, 15) is 22.4 Å². The minimum absolute atomic E-state index is 0.0301. The van der Waals surface area contributed by atoms with Gasteiger partial charge in [0, 0.05) is 18.3 Å². The summed E-state index contributed by atoms with van der Waals surface area (Å²) in [6.07, 6.45) is -3.07. The van der Waals surface area contributed by atoms with Gasteiger partial charge in [0.15, 0.2) is 0 Å². The number of hydrogen-bond donors (Lipinski definition) is 2. The number of aliphatic imine (C=N–C) groups is 1. The molecule has 1 amide bonds. The Morgan fingerprint density at radius 1 is 1.23 bits per heavy atom. The van der Waals surface area contributed by atoms with Gasteiger partial charge in [-0.1, -0.05) is 6.07 Å². The molecule has 0 aromatic heterocycles. The lowest BCUT2D eigenvalue weighted by molar-refractivity contribution is -0.137. The van der Waals surface area contributed by atoms with Gasteiger partial charge in [0.1, 0.15) is 5.82 Å². The van der Waals surface area contributed by atoms with Crippen LogP contribution in [-0.4, -0.2) is 30.4 Å². The van der Waals surface area contributed by atoms with Crippen LogP contribution in [0, 0.1) is 5.82 Å². The SMILES string of the molecule is O=C(NCCO)c1ccc(-c2cc(C(F)(F)F)cc3c2C=NC3)cc1F. The van der Waals surface area contributed by atoms with Gasteiger partial charge in [-0.2, -0.15) is 13.2 Å². The van der Waals surface area contributed by atoms with E-state index in [1.807, 2.05) is 0 Å². The van der Waals surface area contributed by atoms with Crippen molar-refractivity contribution < 1.29 is 27.5 Å². The highest BCUT2D eigenvalue weighted by molar-refractivity contribution is 5.97. The largest absolute Gasteiger partial charge is 0.416 e. The number of alkyl halides is 3. The number of amides is 1. The maximum absolute atomic E-state index is 14.3. The first-order valence-electron chi connectivity index (χ1n) is 7.74. The molecule has 1 heterocycles. The van der Waals surface area contributed by atoms with Crippen molar-refractivity contribution >= 4 is 12.1 Å². The van der Waals surface area contributed by atoms with Gasteiger partial charge in [-0.05, 0) is 41.0 Å². The van der Waals surface area contributed by atoms with E-state index in [1.54, 1.807) is 0 Å². The van der Waals surface area contributed by atoms with Crippen LogP contribution in [0.25, 0.3) is 11.1 Å². The molecule has 2 aromatic rings. The van der Waals surface area contributed by atoms with Crippen LogP contribution in [0.5, 0.6) is 0 Å². The van der Waals surface area contributed by atoms with E-state index in [1.165, 1.54) is 18.3 Å². The average Bonchev–Trinajstić information content (AvgIpc) is 3.06. The molecule has 0 saturated heterocycles. The summed E-state index contributed by atoms with van der Waals surface area (Å²) in [6.45, 7) is -0.185. The second kappa shape index (κ2) is 6.87. The summed E-state index contributed by atoms with van der Waals surface area (Å²) in [6, 6.07) is 5.61. The first kappa shape index (κ1) is 18.1. The van der Waals surface area contributed by atoms with Crippen molar-refractivity contribution in [2.24, 2.45) is 4.99 Å². The Hall–Kier alpha value is -2.74. The molecule has 1 aliphatic heterocycles. The maximum atomic E-state index is 14.3. The first-order chi connectivity index (χ1) is 12.3. The van der Waals surface area contributed by atoms with Crippen molar-refractivity contribution in [2.45, 2.75) is 12.7 Å². The maximum Gasteiger partial charge on any atom is 0.416 e. The van der Waals surface area contributed by atoms with E-state index < -0.39 is 23.5 Å². The second-order valence-electron chi connectivity index (χ2n) is 5.74. The van der Waals surface area contributed by atoms with E-state index in [2.05, 4.69) is 10.3 Å². The molecule has 0 bridgehead atoms. The summed E-state index contributed by atoms with van der Waals surface area (Å²) in [5, 5.41) is 11.0. The third-order valence-corrected chi connectivity index (χ3v) is 4.00. The van der Waals surface area contributed by atoms with Crippen molar-refractivity contribution in [1.82, 2.24) is 5.32 Å². The molecular weight excluding hydrogens is 352 g/mol. The quantitative estimate of drug-likeness (QED) is 0.817. The molecule has 0 atom stereocenters. The highest BCUT2D eigenvalue weighted by Gasteiger charge is 2.32. The normalized spacial score (nSPS) is 13.0. The Morgan fingerprint density at radius 3 is 2.65 bits per heavy atom. The number of carbonyl (C=O) groups is 1. The molecule has 0 radical (unpaired) electrons. The second-order valence-corrected chi connectivity index (χ2v) is 5.74. The van der Waals surface area contributed by atoms with Gasteiger partial charge in [-0.25, -0.2) is 4.39 Å². The number of fused-ring (bicyclic) bond motifs is 1. The minimum atomic E-state index is -4.53. The Balaban J connectivity index is 2.04. The molecule has 0 unspecified atom stereocenters. The van der Waals surface area contributed by atoms with Crippen LogP contribution in [-0.2, 0) is 12.7 Å². The molecule has 0 spiro atoms. The number of hydrogen-bond acceptors (Lipinski definition) is 3. The molecule has 2 N–H and O–H groups in total. The molecule has 0 fully saturated rings. The predicted octanol–water partition coefficient (Wildman–Crippen LogP) is 3.17. The van der Waals surface area contributed by atoms with Gasteiger partial charge in [0.25, 0.3) is 5.91 Å². The molecule has 4 nitrogen and oxygen atoms in total. The number of rotatable bonds is 4. The van der Waals surface area contributed by atoms with Crippen molar-refractivity contribution in [3.63, 3.8) is 0 Å². The highest BCUT2D eigenvalue weighted by atomic mass is 19.4. The van der Waals surface area contributed by atoms with Gasteiger partial charge in [0.2, 0.25) is 0 Å². The van der Waals surface area contributed by atoms with Crippen molar-refractivity contribution in [1.29, 1.82) is 0 Å². The van der Waals surface area contributed by atoms with Crippen LogP contribution in [0.15, 0.2) is 35.3 Å². The van der Waals surface area contributed by atoms with E-state index in [0.717, 1.165) is 18.2 Å². The van der Waals surface area contributed by atoms with Gasteiger partial charge in [-0.15, -0.1) is 0 Å². The lowest BCUT2D eigenvalue weighted by Gasteiger charge is -2.14. The van der Waals surface area contributed by atoms with Crippen LogP contribution < -0.4 is 5.32 Å². The Bertz CT molecular complexity index is 891. The number of nitrogens with zero attached hydrogens (tertiary/aromatic N) is 1. The molecule has 2 aromatic carbocycles. The zero-order valence-corrected chi connectivity index (χ0v) is 13.4. The number of aliphatic hydroxyl groups excluding tert-OH is 1. The van der Waals surface area contributed by atoms with E-state index >= 15 is 0 Å². The summed E-state index contributed by atoms with van der Waals surface area (Å²) in [5.41, 5.74) is 0.269. The summed E-state index contributed by atoms with van der Waals surface area (Å²) < 4.78 is 53.7. The average molecular weight is 366 g/mol. The molecule has 136 valence electrons.